The second-order valence-corrected chi connectivity index (χ2v) is 9.71. The van der Waals surface area contributed by atoms with E-state index in [0.717, 1.165) is 44.7 Å². The summed E-state index contributed by atoms with van der Waals surface area (Å²) in [7, 11) is 0. The van der Waals surface area contributed by atoms with Crippen molar-refractivity contribution in [2.45, 2.75) is 57.5 Å². The molecule has 1 aliphatic rings. The van der Waals surface area contributed by atoms with Crippen molar-refractivity contribution in [3.05, 3.63) is 36.9 Å². The molecule has 132 valence electrons. The molecular weight excluding hydrogens is 370 g/mol. The molecule has 3 aromatic rings. The quantitative estimate of drug-likeness (QED) is 0.479. The van der Waals surface area contributed by atoms with Gasteiger partial charge in [0.2, 0.25) is 0 Å². The third kappa shape index (κ3) is 3.17. The predicted molar refractivity (Wildman–Crippen MR) is 107 cm³/mol. The summed E-state index contributed by atoms with van der Waals surface area (Å²) in [5, 5.41) is 4.85. The zero-order valence-electron chi connectivity index (χ0n) is 14.7. The fraction of sp³-hybridized carbons (Fsp3) is 0.500. The van der Waals surface area contributed by atoms with Crippen LogP contribution in [0.15, 0.2) is 15.3 Å². The molecule has 0 aliphatic heterocycles. The largest absolute Gasteiger partial charge is 0.287 e. The van der Waals surface area contributed by atoms with Gasteiger partial charge in [-0.3, -0.25) is 9.36 Å². The standard InChI is InChI=1S/C18H21N3OS3/c1-4-21-17(22)15-13-6-5-10(2)7-14(13)25-16(15)20-18(21)24-9-12-8-23-11(3)19-12/h8,10H,4-7,9H2,1-3H3. The predicted octanol–water partition coefficient (Wildman–Crippen LogP) is 4.66. The van der Waals surface area contributed by atoms with Gasteiger partial charge in [0.05, 0.1) is 16.1 Å². The van der Waals surface area contributed by atoms with E-state index < -0.39 is 0 Å². The number of aromatic nitrogens is 3. The molecule has 0 saturated heterocycles. The van der Waals surface area contributed by atoms with Gasteiger partial charge in [0.1, 0.15) is 4.83 Å². The van der Waals surface area contributed by atoms with E-state index in [2.05, 4.69) is 17.3 Å². The minimum Gasteiger partial charge on any atom is -0.287 e. The third-order valence-corrected chi connectivity index (χ3v) is 7.69. The first-order valence-electron chi connectivity index (χ1n) is 8.65. The van der Waals surface area contributed by atoms with E-state index in [1.54, 1.807) is 34.4 Å². The van der Waals surface area contributed by atoms with E-state index in [4.69, 9.17) is 4.98 Å². The zero-order chi connectivity index (χ0) is 17.6. The Morgan fingerprint density at radius 1 is 1.40 bits per heavy atom. The highest BCUT2D eigenvalue weighted by atomic mass is 32.2. The van der Waals surface area contributed by atoms with Crippen LogP contribution in [0.5, 0.6) is 0 Å². The lowest BCUT2D eigenvalue weighted by Gasteiger charge is -2.17. The molecule has 0 aromatic carbocycles. The van der Waals surface area contributed by atoms with Crippen LogP contribution in [0.25, 0.3) is 10.2 Å². The van der Waals surface area contributed by atoms with Gasteiger partial charge in [-0.25, -0.2) is 9.97 Å². The Hall–Kier alpha value is -1.18. The normalized spacial score (nSPS) is 17.2. The maximum atomic E-state index is 13.1. The van der Waals surface area contributed by atoms with Gasteiger partial charge >= 0.3 is 0 Å². The van der Waals surface area contributed by atoms with E-state index in [1.165, 1.54) is 16.9 Å². The number of rotatable bonds is 4. The molecule has 4 rings (SSSR count). The molecule has 0 radical (unpaired) electrons. The highest BCUT2D eigenvalue weighted by Gasteiger charge is 2.24. The maximum absolute atomic E-state index is 13.1. The Labute approximate surface area is 159 Å². The van der Waals surface area contributed by atoms with Crippen LogP contribution in [-0.4, -0.2) is 14.5 Å². The van der Waals surface area contributed by atoms with Crippen LogP contribution in [0.1, 0.15) is 41.4 Å². The third-order valence-electron chi connectivity index (χ3n) is 4.71. The van der Waals surface area contributed by atoms with Gasteiger partial charge in [-0.05, 0) is 44.6 Å². The molecular formula is C18H21N3OS3. The van der Waals surface area contributed by atoms with Crippen LogP contribution in [0.3, 0.4) is 0 Å². The number of thioether (sulfide) groups is 1. The number of hydrogen-bond acceptors (Lipinski definition) is 6. The van der Waals surface area contributed by atoms with Crippen LogP contribution >= 0.6 is 34.4 Å². The fourth-order valence-electron chi connectivity index (χ4n) is 3.41. The van der Waals surface area contributed by atoms with Crippen molar-refractivity contribution in [1.82, 2.24) is 14.5 Å². The molecule has 4 nitrogen and oxygen atoms in total. The minimum atomic E-state index is 0.136. The van der Waals surface area contributed by atoms with Crippen LogP contribution < -0.4 is 5.56 Å². The molecule has 7 heteroatoms. The van der Waals surface area contributed by atoms with Crippen molar-refractivity contribution in [3.8, 4) is 0 Å². The van der Waals surface area contributed by atoms with E-state index in [0.29, 0.717) is 12.5 Å². The molecule has 0 saturated carbocycles. The van der Waals surface area contributed by atoms with Gasteiger partial charge in [0.15, 0.2) is 5.16 Å². The Bertz CT molecular complexity index is 986. The van der Waals surface area contributed by atoms with Crippen molar-refractivity contribution in [2.75, 3.05) is 0 Å². The highest BCUT2D eigenvalue weighted by molar-refractivity contribution is 7.98. The van der Waals surface area contributed by atoms with Crippen LogP contribution in [0.2, 0.25) is 0 Å². The van der Waals surface area contributed by atoms with E-state index in [-0.39, 0.29) is 5.56 Å². The fourth-order valence-corrected chi connectivity index (χ4v) is 6.50. The number of thiophene rings is 1. The van der Waals surface area contributed by atoms with E-state index in [1.807, 2.05) is 18.4 Å². The van der Waals surface area contributed by atoms with Gasteiger partial charge in [-0.2, -0.15) is 0 Å². The Morgan fingerprint density at radius 2 is 2.24 bits per heavy atom. The average Bonchev–Trinajstić information content (AvgIpc) is 3.15. The first-order valence-corrected chi connectivity index (χ1v) is 11.3. The molecule has 3 heterocycles. The summed E-state index contributed by atoms with van der Waals surface area (Å²) in [4.78, 5) is 24.8. The summed E-state index contributed by atoms with van der Waals surface area (Å²) in [6.45, 7) is 6.98. The lowest BCUT2D eigenvalue weighted by molar-refractivity contribution is 0.509. The second-order valence-electron chi connectivity index (χ2n) is 6.62. The number of aryl methyl sites for hydroxylation is 2. The van der Waals surface area contributed by atoms with Crippen molar-refractivity contribution in [3.63, 3.8) is 0 Å². The monoisotopic (exact) mass is 391 g/mol. The lowest BCUT2D eigenvalue weighted by Crippen LogP contribution is -2.23. The molecule has 1 aliphatic carbocycles. The second kappa shape index (κ2) is 6.85. The Kier molecular flexibility index (Phi) is 4.73. The maximum Gasteiger partial charge on any atom is 0.263 e. The van der Waals surface area contributed by atoms with Crippen LogP contribution in [0.4, 0.5) is 0 Å². The van der Waals surface area contributed by atoms with Gasteiger partial charge in [0, 0.05) is 22.6 Å². The van der Waals surface area contributed by atoms with Crippen molar-refractivity contribution in [1.29, 1.82) is 0 Å². The van der Waals surface area contributed by atoms with Crippen molar-refractivity contribution < 1.29 is 0 Å². The molecule has 0 bridgehead atoms. The minimum absolute atomic E-state index is 0.136. The Balaban J connectivity index is 1.75. The molecule has 0 N–H and O–H groups in total. The zero-order valence-corrected chi connectivity index (χ0v) is 17.1. The summed E-state index contributed by atoms with van der Waals surface area (Å²) < 4.78 is 1.83. The molecule has 1 atom stereocenters. The molecule has 0 spiro atoms. The molecule has 0 amide bonds. The summed E-state index contributed by atoms with van der Waals surface area (Å²) >= 11 is 5.00. The Morgan fingerprint density at radius 3 is 2.96 bits per heavy atom. The van der Waals surface area contributed by atoms with E-state index >= 15 is 0 Å². The molecule has 25 heavy (non-hydrogen) atoms. The summed E-state index contributed by atoms with van der Waals surface area (Å²) in [6.07, 6.45) is 3.27. The van der Waals surface area contributed by atoms with Crippen LogP contribution in [-0.2, 0) is 25.1 Å². The van der Waals surface area contributed by atoms with Gasteiger partial charge in [-0.15, -0.1) is 22.7 Å². The van der Waals surface area contributed by atoms with Gasteiger partial charge in [0.25, 0.3) is 5.56 Å². The first kappa shape index (κ1) is 17.2. The SMILES string of the molecule is CCn1c(SCc2csc(C)n2)nc2sc3c(c2c1=O)CCC(C)C3. The molecule has 3 aromatic heterocycles. The molecule has 1 unspecified atom stereocenters. The van der Waals surface area contributed by atoms with E-state index in [9.17, 15) is 4.79 Å². The number of fused-ring (bicyclic) bond motifs is 3. The number of thiazole rings is 1. The smallest absolute Gasteiger partial charge is 0.263 e. The highest BCUT2D eigenvalue weighted by Crippen LogP contribution is 2.36. The summed E-state index contributed by atoms with van der Waals surface area (Å²) in [5.74, 6) is 1.46. The van der Waals surface area contributed by atoms with Crippen LogP contribution in [0, 0.1) is 12.8 Å². The average molecular weight is 392 g/mol. The number of nitrogens with zero attached hydrogens (tertiary/aromatic N) is 3. The first-order chi connectivity index (χ1) is 12.1. The summed E-state index contributed by atoms with van der Waals surface area (Å²) in [5.41, 5.74) is 2.46. The van der Waals surface area contributed by atoms with Crippen molar-refractivity contribution in [2.24, 2.45) is 5.92 Å². The van der Waals surface area contributed by atoms with Gasteiger partial charge < -0.3 is 0 Å². The lowest BCUT2D eigenvalue weighted by atomic mass is 9.89. The van der Waals surface area contributed by atoms with Gasteiger partial charge in [-0.1, -0.05) is 18.7 Å². The molecule has 0 fully saturated rings. The number of hydrogen-bond donors (Lipinski definition) is 0. The summed E-state index contributed by atoms with van der Waals surface area (Å²) in [6, 6.07) is 0. The topological polar surface area (TPSA) is 47.8 Å². The van der Waals surface area contributed by atoms with Crippen molar-refractivity contribution >= 4 is 44.7 Å².